The second-order valence-corrected chi connectivity index (χ2v) is 8.75. The highest BCUT2D eigenvalue weighted by Crippen LogP contribution is 2.45. The van der Waals surface area contributed by atoms with Crippen molar-refractivity contribution in [1.29, 1.82) is 0 Å². The third-order valence-corrected chi connectivity index (χ3v) is 6.97. The summed E-state index contributed by atoms with van der Waals surface area (Å²) in [5.41, 5.74) is 1.29. The third-order valence-electron chi connectivity index (χ3n) is 5.12. The van der Waals surface area contributed by atoms with Crippen LogP contribution in [-0.2, 0) is 20.2 Å². The highest BCUT2D eigenvalue weighted by molar-refractivity contribution is 7.51. The molecule has 2 N–H and O–H groups in total. The van der Waals surface area contributed by atoms with Crippen LogP contribution in [0.3, 0.4) is 0 Å². The zero-order valence-electron chi connectivity index (χ0n) is 16.3. The molecular weight excluding hydrogens is 359 g/mol. The smallest absolute Gasteiger partial charge is 0.308 e. The normalized spacial score (nSPS) is 20.8. The molecule has 1 aliphatic rings. The van der Waals surface area contributed by atoms with Gasteiger partial charge < -0.3 is 5.32 Å². The van der Waals surface area contributed by atoms with Crippen LogP contribution >= 0.6 is 7.75 Å². The minimum Gasteiger partial charge on any atom is -0.308 e. The summed E-state index contributed by atoms with van der Waals surface area (Å²) in [6.45, 7) is 5.20. The molecule has 1 fully saturated rings. The van der Waals surface area contributed by atoms with Crippen molar-refractivity contribution < 1.29 is 13.6 Å². The molecule has 0 aliphatic heterocycles. The summed E-state index contributed by atoms with van der Waals surface area (Å²) < 4.78 is 23.8. The molecule has 6 heteroatoms. The standard InChI is InChI=1S/C21H31N2O3P/c1-3-25-27(24,26-4-2)23-21-15-8-7-14-20(21)22-16-18-12-9-11-17-10-5-6-13-19(17)18/h5-6,9-13,20-22H,3-4,7-8,14-16H2,1-2H3,(H,23,24). The second kappa shape index (κ2) is 9.81. The fourth-order valence-corrected chi connectivity index (χ4v) is 5.49. The molecule has 0 saturated heterocycles. The Bertz CT molecular complexity index is 768. The number of rotatable bonds is 9. The van der Waals surface area contributed by atoms with Crippen LogP contribution in [-0.4, -0.2) is 25.3 Å². The lowest BCUT2D eigenvalue weighted by Crippen LogP contribution is -2.48. The Kier molecular flexibility index (Phi) is 7.45. The van der Waals surface area contributed by atoms with E-state index in [0.717, 1.165) is 25.8 Å². The minimum atomic E-state index is -3.25. The molecule has 27 heavy (non-hydrogen) atoms. The largest absolute Gasteiger partial charge is 0.405 e. The predicted octanol–water partition coefficient (Wildman–Crippen LogP) is 5.01. The van der Waals surface area contributed by atoms with Gasteiger partial charge in [-0.15, -0.1) is 0 Å². The quantitative estimate of drug-likeness (QED) is 0.589. The first-order valence-electron chi connectivity index (χ1n) is 10.0. The van der Waals surface area contributed by atoms with Gasteiger partial charge in [-0.05, 0) is 43.0 Å². The number of nitrogens with one attached hydrogen (secondary N) is 2. The van der Waals surface area contributed by atoms with Gasteiger partial charge in [0.2, 0.25) is 0 Å². The zero-order valence-corrected chi connectivity index (χ0v) is 17.2. The molecule has 1 saturated carbocycles. The van der Waals surface area contributed by atoms with E-state index in [0.29, 0.717) is 13.2 Å². The molecule has 0 bridgehead atoms. The highest BCUT2D eigenvalue weighted by Gasteiger charge is 2.33. The summed E-state index contributed by atoms with van der Waals surface area (Å²) in [7, 11) is -3.25. The fraction of sp³-hybridized carbons (Fsp3) is 0.524. The van der Waals surface area contributed by atoms with Crippen LogP contribution in [0.25, 0.3) is 10.8 Å². The maximum atomic E-state index is 12.9. The first-order valence-corrected chi connectivity index (χ1v) is 11.6. The van der Waals surface area contributed by atoms with Gasteiger partial charge in [0.25, 0.3) is 0 Å². The van der Waals surface area contributed by atoms with E-state index in [9.17, 15) is 4.57 Å². The summed E-state index contributed by atoms with van der Waals surface area (Å²) >= 11 is 0. The van der Waals surface area contributed by atoms with Crippen molar-refractivity contribution in [3.63, 3.8) is 0 Å². The summed E-state index contributed by atoms with van der Waals surface area (Å²) in [6, 6.07) is 15.2. The van der Waals surface area contributed by atoms with Crippen LogP contribution in [0, 0.1) is 0 Å². The van der Waals surface area contributed by atoms with Crippen molar-refractivity contribution in [1.82, 2.24) is 10.4 Å². The second-order valence-electron chi connectivity index (χ2n) is 6.98. The van der Waals surface area contributed by atoms with E-state index < -0.39 is 7.75 Å². The molecule has 0 aromatic heterocycles. The summed E-state index contributed by atoms with van der Waals surface area (Å²) in [6.07, 6.45) is 4.33. The van der Waals surface area contributed by atoms with Crippen LogP contribution < -0.4 is 10.4 Å². The highest BCUT2D eigenvalue weighted by atomic mass is 31.2. The Morgan fingerprint density at radius 2 is 1.63 bits per heavy atom. The monoisotopic (exact) mass is 390 g/mol. The third kappa shape index (κ3) is 5.40. The number of benzene rings is 2. The van der Waals surface area contributed by atoms with Crippen molar-refractivity contribution in [2.45, 2.75) is 58.2 Å². The lowest BCUT2D eigenvalue weighted by molar-refractivity contribution is 0.195. The van der Waals surface area contributed by atoms with Gasteiger partial charge in [0.05, 0.1) is 13.2 Å². The summed E-state index contributed by atoms with van der Waals surface area (Å²) in [5.74, 6) is 0. The molecule has 0 amide bonds. The number of hydrogen-bond donors (Lipinski definition) is 2. The van der Waals surface area contributed by atoms with Gasteiger partial charge in [0.1, 0.15) is 0 Å². The van der Waals surface area contributed by atoms with E-state index in [-0.39, 0.29) is 12.1 Å². The van der Waals surface area contributed by atoms with Crippen LogP contribution in [0.1, 0.15) is 45.1 Å². The maximum Gasteiger partial charge on any atom is 0.405 e. The van der Waals surface area contributed by atoms with Gasteiger partial charge in [-0.2, -0.15) is 0 Å². The van der Waals surface area contributed by atoms with Crippen LogP contribution in [0.2, 0.25) is 0 Å². The Morgan fingerprint density at radius 3 is 2.37 bits per heavy atom. The molecule has 2 atom stereocenters. The topological polar surface area (TPSA) is 59.6 Å². The molecule has 0 heterocycles. The molecule has 2 aromatic carbocycles. The Balaban J connectivity index is 1.69. The molecule has 0 radical (unpaired) electrons. The van der Waals surface area contributed by atoms with Crippen LogP contribution in [0.4, 0.5) is 0 Å². The van der Waals surface area contributed by atoms with Gasteiger partial charge in [-0.25, -0.2) is 9.65 Å². The van der Waals surface area contributed by atoms with E-state index in [1.807, 2.05) is 13.8 Å². The molecule has 2 aromatic rings. The van der Waals surface area contributed by atoms with E-state index in [4.69, 9.17) is 9.05 Å². The predicted molar refractivity (Wildman–Crippen MR) is 111 cm³/mol. The molecule has 5 nitrogen and oxygen atoms in total. The van der Waals surface area contributed by atoms with Gasteiger partial charge in [-0.3, -0.25) is 9.05 Å². The Labute approximate surface area is 162 Å². The van der Waals surface area contributed by atoms with Crippen molar-refractivity contribution in [2.24, 2.45) is 0 Å². The maximum absolute atomic E-state index is 12.9. The molecular formula is C21H31N2O3P. The summed E-state index contributed by atoms with van der Waals surface area (Å²) in [5, 5.41) is 9.44. The Morgan fingerprint density at radius 1 is 0.963 bits per heavy atom. The number of fused-ring (bicyclic) bond motifs is 1. The first kappa shape index (κ1) is 20.5. The average Bonchev–Trinajstić information content (AvgIpc) is 2.67. The fourth-order valence-electron chi connectivity index (χ4n) is 3.87. The lowest BCUT2D eigenvalue weighted by atomic mass is 9.90. The molecule has 1 aliphatic carbocycles. The SMILES string of the molecule is CCOP(=O)(NC1CCCCC1NCc1cccc2ccccc12)OCC. The van der Waals surface area contributed by atoms with E-state index >= 15 is 0 Å². The molecule has 3 rings (SSSR count). The average molecular weight is 390 g/mol. The van der Waals surface area contributed by atoms with Crippen molar-refractivity contribution in [2.75, 3.05) is 13.2 Å². The van der Waals surface area contributed by atoms with Gasteiger partial charge in [0, 0.05) is 18.6 Å². The summed E-state index contributed by atoms with van der Waals surface area (Å²) in [4.78, 5) is 0. The number of hydrogen-bond acceptors (Lipinski definition) is 4. The lowest BCUT2D eigenvalue weighted by Gasteiger charge is -2.35. The minimum absolute atomic E-state index is 0.0812. The van der Waals surface area contributed by atoms with Crippen LogP contribution in [0.5, 0.6) is 0 Å². The van der Waals surface area contributed by atoms with Crippen molar-refractivity contribution in [3.05, 3.63) is 48.0 Å². The van der Waals surface area contributed by atoms with Gasteiger partial charge in [0.15, 0.2) is 0 Å². The van der Waals surface area contributed by atoms with E-state index in [2.05, 4.69) is 52.9 Å². The van der Waals surface area contributed by atoms with E-state index in [1.165, 1.54) is 22.8 Å². The molecule has 148 valence electrons. The van der Waals surface area contributed by atoms with Crippen molar-refractivity contribution in [3.8, 4) is 0 Å². The molecule has 2 unspecified atom stereocenters. The van der Waals surface area contributed by atoms with Crippen molar-refractivity contribution >= 4 is 18.5 Å². The Hall–Kier alpha value is -1.23. The first-order chi connectivity index (χ1) is 13.1. The zero-order chi connectivity index (χ0) is 19.1. The van der Waals surface area contributed by atoms with Crippen LogP contribution in [0.15, 0.2) is 42.5 Å². The van der Waals surface area contributed by atoms with Gasteiger partial charge >= 0.3 is 7.75 Å². The van der Waals surface area contributed by atoms with E-state index in [1.54, 1.807) is 0 Å². The van der Waals surface area contributed by atoms with Gasteiger partial charge in [-0.1, -0.05) is 55.3 Å². The molecule has 0 spiro atoms.